The first-order valence-corrected chi connectivity index (χ1v) is 10.1. The van der Waals surface area contributed by atoms with Gasteiger partial charge in [-0.2, -0.15) is 0 Å². The Balaban J connectivity index is 1.67. The number of likely N-dealkylation sites (tertiary alicyclic amines) is 1. The molecular weight excluding hydrogens is 390 g/mol. The molecule has 1 aliphatic rings. The molecule has 1 fully saturated rings. The zero-order valence-corrected chi connectivity index (χ0v) is 17.7. The van der Waals surface area contributed by atoms with Crippen molar-refractivity contribution in [1.82, 2.24) is 15.5 Å². The number of phenolic OH excluding ortho intramolecular Hbond substituents is 2. The fourth-order valence-electron chi connectivity index (χ4n) is 3.20. The molecule has 4 N–H and O–H groups in total. The van der Waals surface area contributed by atoms with Crippen LogP contribution in [0.25, 0.3) is 0 Å². The van der Waals surface area contributed by atoms with E-state index in [9.17, 15) is 24.6 Å². The van der Waals surface area contributed by atoms with Gasteiger partial charge in [-0.1, -0.05) is 0 Å². The summed E-state index contributed by atoms with van der Waals surface area (Å²) >= 11 is 0. The summed E-state index contributed by atoms with van der Waals surface area (Å²) in [6, 6.07) is 3.75. The van der Waals surface area contributed by atoms with Gasteiger partial charge in [0.15, 0.2) is 0 Å². The number of carbonyl (C=O) groups excluding carboxylic acids is 3. The highest BCUT2D eigenvalue weighted by molar-refractivity contribution is 5.95. The molecule has 0 aliphatic carbocycles. The van der Waals surface area contributed by atoms with Gasteiger partial charge in [0.1, 0.15) is 17.1 Å². The van der Waals surface area contributed by atoms with Crippen molar-refractivity contribution in [3.8, 4) is 11.5 Å². The van der Waals surface area contributed by atoms with Crippen molar-refractivity contribution in [2.24, 2.45) is 5.92 Å². The maximum absolute atomic E-state index is 12.3. The topological polar surface area (TPSA) is 128 Å². The van der Waals surface area contributed by atoms with E-state index in [1.54, 1.807) is 25.7 Å². The molecule has 0 unspecified atom stereocenters. The highest BCUT2D eigenvalue weighted by Gasteiger charge is 2.23. The highest BCUT2D eigenvalue weighted by Crippen LogP contribution is 2.21. The summed E-state index contributed by atoms with van der Waals surface area (Å²) in [5.41, 5.74) is -0.384. The lowest BCUT2D eigenvalue weighted by Gasteiger charge is -2.32. The van der Waals surface area contributed by atoms with Crippen LogP contribution in [-0.2, 0) is 9.53 Å². The van der Waals surface area contributed by atoms with Crippen LogP contribution in [0.15, 0.2) is 18.2 Å². The first-order valence-electron chi connectivity index (χ1n) is 10.1. The molecule has 3 amide bonds. The lowest BCUT2D eigenvalue weighted by molar-refractivity contribution is -0.132. The first kappa shape index (κ1) is 23.3. The number of piperidine rings is 1. The van der Waals surface area contributed by atoms with Crippen LogP contribution in [0, 0.1) is 5.92 Å². The van der Waals surface area contributed by atoms with Crippen molar-refractivity contribution in [2.45, 2.75) is 45.6 Å². The molecule has 0 saturated carbocycles. The van der Waals surface area contributed by atoms with Crippen LogP contribution in [0.1, 0.15) is 50.4 Å². The molecule has 9 heteroatoms. The van der Waals surface area contributed by atoms with Crippen molar-refractivity contribution in [2.75, 3.05) is 26.2 Å². The Hall–Kier alpha value is -2.97. The van der Waals surface area contributed by atoms with E-state index in [1.165, 1.54) is 12.1 Å². The summed E-state index contributed by atoms with van der Waals surface area (Å²) < 4.78 is 5.13. The number of ether oxygens (including phenoxy) is 1. The minimum Gasteiger partial charge on any atom is -0.508 e. The lowest BCUT2D eigenvalue weighted by Crippen LogP contribution is -2.42. The smallest absolute Gasteiger partial charge is 0.407 e. The molecule has 2 rings (SSSR count). The number of nitrogens with zero attached hydrogens (tertiary/aromatic N) is 1. The Morgan fingerprint density at radius 2 is 1.67 bits per heavy atom. The Labute approximate surface area is 176 Å². The maximum Gasteiger partial charge on any atom is 0.407 e. The average Bonchev–Trinajstić information content (AvgIpc) is 2.64. The summed E-state index contributed by atoms with van der Waals surface area (Å²) in [5, 5.41) is 24.3. The van der Waals surface area contributed by atoms with E-state index in [0.717, 1.165) is 18.9 Å². The van der Waals surface area contributed by atoms with Crippen LogP contribution in [0.2, 0.25) is 0 Å². The summed E-state index contributed by atoms with van der Waals surface area (Å²) in [6.07, 6.45) is 1.19. The number of nitrogens with one attached hydrogen (secondary N) is 2. The monoisotopic (exact) mass is 421 g/mol. The second-order valence-corrected chi connectivity index (χ2v) is 8.45. The van der Waals surface area contributed by atoms with Crippen LogP contribution < -0.4 is 10.6 Å². The molecule has 0 spiro atoms. The molecule has 1 aliphatic heterocycles. The summed E-state index contributed by atoms with van der Waals surface area (Å²) in [6.45, 7) is 7.20. The van der Waals surface area contributed by atoms with E-state index < -0.39 is 11.7 Å². The predicted molar refractivity (Wildman–Crippen MR) is 110 cm³/mol. The number of benzene rings is 1. The van der Waals surface area contributed by atoms with Gasteiger partial charge in [-0.15, -0.1) is 0 Å². The molecule has 166 valence electrons. The van der Waals surface area contributed by atoms with Crippen molar-refractivity contribution in [3.05, 3.63) is 23.8 Å². The zero-order valence-electron chi connectivity index (χ0n) is 17.7. The predicted octanol–water partition coefficient (Wildman–Crippen LogP) is 1.98. The molecular formula is C21H31N3O6. The normalized spacial score (nSPS) is 14.8. The fourth-order valence-corrected chi connectivity index (χ4v) is 3.20. The summed E-state index contributed by atoms with van der Waals surface area (Å²) in [4.78, 5) is 37.9. The second-order valence-electron chi connectivity index (χ2n) is 8.45. The Morgan fingerprint density at radius 3 is 2.23 bits per heavy atom. The molecule has 30 heavy (non-hydrogen) atoms. The van der Waals surface area contributed by atoms with Crippen molar-refractivity contribution in [1.29, 1.82) is 0 Å². The number of carbonyl (C=O) groups is 3. The number of phenols is 2. The Bertz CT molecular complexity index is 746. The number of aromatic hydroxyl groups is 2. The zero-order chi connectivity index (χ0) is 22.3. The van der Waals surface area contributed by atoms with Crippen LogP contribution in [-0.4, -0.2) is 64.8 Å². The van der Waals surface area contributed by atoms with Crippen LogP contribution >= 0.6 is 0 Å². The van der Waals surface area contributed by atoms with Gasteiger partial charge < -0.3 is 30.5 Å². The van der Waals surface area contributed by atoms with Crippen molar-refractivity contribution >= 4 is 17.9 Å². The Morgan fingerprint density at radius 1 is 1.07 bits per heavy atom. The summed E-state index contributed by atoms with van der Waals surface area (Å²) in [7, 11) is 0. The van der Waals surface area contributed by atoms with E-state index in [1.807, 2.05) is 0 Å². The third-order valence-corrected chi connectivity index (χ3v) is 4.69. The number of hydrogen-bond acceptors (Lipinski definition) is 6. The molecule has 1 saturated heterocycles. The van der Waals surface area contributed by atoms with Crippen LogP contribution in [0.3, 0.4) is 0 Å². The third kappa shape index (κ3) is 7.81. The van der Waals surface area contributed by atoms with E-state index in [2.05, 4.69) is 10.6 Å². The maximum atomic E-state index is 12.3. The Kier molecular flexibility index (Phi) is 7.91. The minimum absolute atomic E-state index is 0.0243. The minimum atomic E-state index is -0.577. The molecule has 1 heterocycles. The van der Waals surface area contributed by atoms with E-state index in [0.29, 0.717) is 19.6 Å². The van der Waals surface area contributed by atoms with Gasteiger partial charge >= 0.3 is 6.09 Å². The van der Waals surface area contributed by atoms with Gasteiger partial charge in [0.25, 0.3) is 5.91 Å². The van der Waals surface area contributed by atoms with Crippen LogP contribution in [0.5, 0.6) is 11.5 Å². The van der Waals surface area contributed by atoms with E-state index in [4.69, 9.17) is 4.74 Å². The van der Waals surface area contributed by atoms with Gasteiger partial charge in [0.05, 0.1) is 0 Å². The average molecular weight is 421 g/mol. The largest absolute Gasteiger partial charge is 0.508 e. The number of amides is 3. The quantitative estimate of drug-likeness (QED) is 0.556. The van der Waals surface area contributed by atoms with E-state index >= 15 is 0 Å². The molecule has 0 aromatic heterocycles. The number of hydrogen-bond donors (Lipinski definition) is 4. The van der Waals surface area contributed by atoms with E-state index in [-0.39, 0.29) is 47.8 Å². The van der Waals surface area contributed by atoms with Gasteiger partial charge in [0, 0.05) is 44.2 Å². The van der Waals surface area contributed by atoms with Gasteiger partial charge in [-0.3, -0.25) is 9.59 Å². The molecule has 0 bridgehead atoms. The molecule has 1 aromatic rings. The van der Waals surface area contributed by atoms with Gasteiger partial charge in [-0.05, 0) is 51.7 Å². The lowest BCUT2D eigenvalue weighted by atomic mass is 9.96. The second kappa shape index (κ2) is 10.2. The standard InChI is InChI=1S/C21H31N3O6/c1-21(2,3)30-20(29)22-7-4-18(27)24-8-5-14(6-9-24)13-23-19(28)15-10-16(25)12-17(26)11-15/h10-12,14,25-26H,4-9,13H2,1-3H3,(H,22,29)(H,23,28). The fraction of sp³-hybridized carbons (Fsp3) is 0.571. The van der Waals surface area contributed by atoms with Crippen molar-refractivity contribution < 1.29 is 29.3 Å². The highest BCUT2D eigenvalue weighted by atomic mass is 16.6. The first-order chi connectivity index (χ1) is 14.0. The third-order valence-electron chi connectivity index (χ3n) is 4.69. The summed E-state index contributed by atoms with van der Waals surface area (Å²) in [5.74, 6) is -0.498. The molecule has 0 radical (unpaired) electrons. The number of alkyl carbamates (subject to hydrolysis) is 1. The molecule has 9 nitrogen and oxygen atoms in total. The molecule has 0 atom stereocenters. The number of rotatable bonds is 6. The van der Waals surface area contributed by atoms with Crippen molar-refractivity contribution in [3.63, 3.8) is 0 Å². The van der Waals surface area contributed by atoms with Crippen LogP contribution in [0.4, 0.5) is 4.79 Å². The molecule has 1 aromatic carbocycles. The SMILES string of the molecule is CC(C)(C)OC(=O)NCCC(=O)N1CCC(CNC(=O)c2cc(O)cc(O)c2)CC1. The van der Waals surface area contributed by atoms with Gasteiger partial charge in [0.2, 0.25) is 5.91 Å². The van der Waals surface area contributed by atoms with Gasteiger partial charge in [-0.25, -0.2) is 4.79 Å².